The zero-order valence-corrected chi connectivity index (χ0v) is 13.6. The molecular weight excluding hydrogens is 306 g/mol. The number of hydrogen-bond acceptors (Lipinski definition) is 4. The van der Waals surface area contributed by atoms with Crippen molar-refractivity contribution in [3.8, 4) is 5.75 Å². The van der Waals surface area contributed by atoms with Gasteiger partial charge in [-0.05, 0) is 37.1 Å². The minimum absolute atomic E-state index is 0.00270. The third-order valence-electron chi connectivity index (χ3n) is 4.64. The van der Waals surface area contributed by atoms with Gasteiger partial charge in [0.05, 0.1) is 11.8 Å². The van der Waals surface area contributed by atoms with Crippen LogP contribution in [0, 0.1) is 0 Å². The lowest BCUT2D eigenvalue weighted by Gasteiger charge is -2.31. The van der Waals surface area contributed by atoms with E-state index in [-0.39, 0.29) is 17.7 Å². The summed E-state index contributed by atoms with van der Waals surface area (Å²) in [5, 5.41) is 20.4. The summed E-state index contributed by atoms with van der Waals surface area (Å²) in [5.41, 5.74) is 0.317. The molecule has 1 aliphatic rings. The molecule has 128 valence electrons. The predicted octanol–water partition coefficient (Wildman–Crippen LogP) is 3.49. The predicted molar refractivity (Wildman–Crippen MR) is 89.7 cm³/mol. The zero-order valence-electron chi connectivity index (χ0n) is 13.6. The number of carbonyl (C=O) groups is 1. The number of aliphatic hydroxyl groups excluding tert-OH is 1. The van der Waals surface area contributed by atoms with Crippen LogP contribution < -0.4 is 0 Å². The van der Waals surface area contributed by atoms with Gasteiger partial charge in [0.15, 0.2) is 0 Å². The average Bonchev–Trinajstić information content (AvgIpc) is 3.03. The Kier molecular flexibility index (Phi) is 5.20. The van der Waals surface area contributed by atoms with E-state index < -0.39 is 6.10 Å². The third kappa shape index (κ3) is 3.62. The van der Waals surface area contributed by atoms with Crippen LogP contribution in [-0.4, -0.2) is 33.6 Å². The molecule has 1 amide bonds. The number of aliphatic hydroxyl groups is 1. The van der Waals surface area contributed by atoms with Gasteiger partial charge in [0.1, 0.15) is 17.6 Å². The summed E-state index contributed by atoms with van der Waals surface area (Å²) in [4.78, 5) is 14.7. The van der Waals surface area contributed by atoms with Crippen LogP contribution in [0.25, 0.3) is 0 Å². The number of aromatic hydroxyl groups is 1. The van der Waals surface area contributed by atoms with E-state index in [1.807, 2.05) is 0 Å². The first-order valence-electron chi connectivity index (χ1n) is 8.47. The fraction of sp³-hybridized carbons (Fsp3) is 0.421. The Morgan fingerprint density at radius 3 is 2.79 bits per heavy atom. The topological polar surface area (TPSA) is 73.9 Å². The van der Waals surface area contributed by atoms with Crippen LogP contribution >= 0.6 is 0 Å². The van der Waals surface area contributed by atoms with Crippen molar-refractivity contribution in [1.29, 1.82) is 0 Å². The third-order valence-corrected chi connectivity index (χ3v) is 4.64. The molecule has 1 fully saturated rings. The van der Waals surface area contributed by atoms with Crippen LogP contribution in [0.15, 0.2) is 47.1 Å². The minimum Gasteiger partial charge on any atom is -0.507 e. The highest BCUT2D eigenvalue weighted by Crippen LogP contribution is 2.29. The summed E-state index contributed by atoms with van der Waals surface area (Å²) < 4.78 is 5.27. The molecule has 2 atom stereocenters. The molecule has 0 radical (unpaired) electrons. The van der Waals surface area contributed by atoms with Gasteiger partial charge in [0.2, 0.25) is 0 Å². The molecular formula is C19H23NO4. The number of carbonyl (C=O) groups excluding carboxylic acids is 1. The molecule has 0 spiro atoms. The van der Waals surface area contributed by atoms with E-state index in [4.69, 9.17) is 4.42 Å². The van der Waals surface area contributed by atoms with Crippen LogP contribution in [-0.2, 0) is 0 Å². The van der Waals surface area contributed by atoms with E-state index in [2.05, 4.69) is 0 Å². The molecule has 2 aromatic rings. The van der Waals surface area contributed by atoms with Crippen LogP contribution in [0.2, 0.25) is 0 Å². The van der Waals surface area contributed by atoms with Crippen LogP contribution in [0.3, 0.4) is 0 Å². The Bertz CT molecular complexity index is 668. The lowest BCUT2D eigenvalue weighted by molar-refractivity contribution is 0.0555. The Morgan fingerprint density at radius 1 is 1.21 bits per heavy atom. The minimum atomic E-state index is -0.734. The number of phenolic OH excluding ortho intramolecular Hbond substituents is 1. The smallest absolute Gasteiger partial charge is 0.257 e. The van der Waals surface area contributed by atoms with Crippen molar-refractivity contribution >= 4 is 5.91 Å². The molecule has 0 saturated carbocycles. The molecule has 2 heterocycles. The highest BCUT2D eigenvalue weighted by Gasteiger charge is 2.30. The van der Waals surface area contributed by atoms with Crippen molar-refractivity contribution in [2.45, 2.75) is 44.2 Å². The number of amides is 1. The fourth-order valence-corrected chi connectivity index (χ4v) is 3.35. The van der Waals surface area contributed by atoms with E-state index in [9.17, 15) is 15.0 Å². The summed E-state index contributed by atoms with van der Waals surface area (Å²) in [6.45, 7) is 0.642. The van der Waals surface area contributed by atoms with Gasteiger partial charge >= 0.3 is 0 Å². The molecule has 0 bridgehead atoms. The molecule has 3 rings (SSSR count). The summed E-state index contributed by atoms with van der Waals surface area (Å²) in [6.07, 6.45) is 5.12. The Hall–Kier alpha value is -2.27. The summed E-state index contributed by atoms with van der Waals surface area (Å²) in [6, 6.07) is 10.0. The first-order valence-corrected chi connectivity index (χ1v) is 8.47. The lowest BCUT2D eigenvalue weighted by Crippen LogP contribution is -2.41. The molecule has 5 nitrogen and oxygen atoms in total. The molecule has 1 saturated heterocycles. The van der Waals surface area contributed by atoms with Gasteiger partial charge in [-0.3, -0.25) is 4.79 Å². The van der Waals surface area contributed by atoms with E-state index in [1.54, 1.807) is 35.2 Å². The molecule has 1 aromatic carbocycles. The number of para-hydroxylation sites is 1. The summed E-state index contributed by atoms with van der Waals surface area (Å²) >= 11 is 0. The highest BCUT2D eigenvalue weighted by atomic mass is 16.4. The number of furan rings is 1. The summed E-state index contributed by atoms with van der Waals surface area (Å²) in [7, 11) is 0. The monoisotopic (exact) mass is 329 g/mol. The number of benzene rings is 1. The first kappa shape index (κ1) is 16.6. The van der Waals surface area contributed by atoms with Gasteiger partial charge in [-0.1, -0.05) is 25.0 Å². The molecule has 1 aromatic heterocycles. The van der Waals surface area contributed by atoms with Crippen molar-refractivity contribution in [1.82, 2.24) is 4.90 Å². The Labute approximate surface area is 141 Å². The van der Waals surface area contributed by atoms with E-state index >= 15 is 0 Å². The quantitative estimate of drug-likeness (QED) is 0.900. The van der Waals surface area contributed by atoms with Gasteiger partial charge in [0.25, 0.3) is 5.91 Å². The normalized spacial score (nSPS) is 19.7. The van der Waals surface area contributed by atoms with Gasteiger partial charge < -0.3 is 19.5 Å². The van der Waals surface area contributed by atoms with E-state index in [0.717, 1.165) is 25.7 Å². The molecule has 5 heteroatoms. The number of phenols is 1. The molecule has 0 aliphatic carbocycles. The summed E-state index contributed by atoms with van der Waals surface area (Å²) in [5.74, 6) is 0.345. The molecule has 1 aliphatic heterocycles. The van der Waals surface area contributed by atoms with Gasteiger partial charge in [-0.15, -0.1) is 0 Å². The maximum absolute atomic E-state index is 12.9. The zero-order chi connectivity index (χ0) is 16.9. The fourth-order valence-electron chi connectivity index (χ4n) is 3.35. The molecule has 2 N–H and O–H groups in total. The van der Waals surface area contributed by atoms with Crippen molar-refractivity contribution in [3.63, 3.8) is 0 Å². The standard InChI is InChI=1S/C19H23NO4/c21-16-9-4-3-8-15(16)19(23)20-11-5-1-2-7-14(20)13-17(22)18-10-6-12-24-18/h3-4,6,8-10,12,14,17,21-22H,1-2,5,7,11,13H2. The molecule has 2 unspecified atom stereocenters. The van der Waals surface area contributed by atoms with Crippen molar-refractivity contribution in [2.24, 2.45) is 0 Å². The average molecular weight is 329 g/mol. The van der Waals surface area contributed by atoms with Crippen LogP contribution in [0.5, 0.6) is 5.75 Å². The van der Waals surface area contributed by atoms with Crippen LogP contribution in [0.1, 0.15) is 54.3 Å². The van der Waals surface area contributed by atoms with E-state index in [0.29, 0.717) is 24.3 Å². The van der Waals surface area contributed by atoms with Gasteiger partial charge in [0, 0.05) is 19.0 Å². The molecule has 24 heavy (non-hydrogen) atoms. The van der Waals surface area contributed by atoms with Crippen molar-refractivity contribution < 1.29 is 19.4 Å². The maximum atomic E-state index is 12.9. The van der Waals surface area contributed by atoms with Crippen LogP contribution in [0.4, 0.5) is 0 Å². The largest absolute Gasteiger partial charge is 0.507 e. The number of likely N-dealkylation sites (tertiary alicyclic amines) is 1. The second-order valence-electron chi connectivity index (χ2n) is 6.29. The highest BCUT2D eigenvalue weighted by molar-refractivity contribution is 5.97. The van der Waals surface area contributed by atoms with Gasteiger partial charge in [-0.25, -0.2) is 0 Å². The van der Waals surface area contributed by atoms with E-state index in [1.165, 1.54) is 12.3 Å². The number of nitrogens with zero attached hydrogens (tertiary/aromatic N) is 1. The van der Waals surface area contributed by atoms with Gasteiger partial charge in [-0.2, -0.15) is 0 Å². The second-order valence-corrected chi connectivity index (χ2v) is 6.29. The number of hydrogen-bond donors (Lipinski definition) is 2. The van der Waals surface area contributed by atoms with Crippen molar-refractivity contribution in [3.05, 3.63) is 54.0 Å². The second kappa shape index (κ2) is 7.53. The maximum Gasteiger partial charge on any atom is 0.257 e. The number of rotatable bonds is 4. The lowest BCUT2D eigenvalue weighted by atomic mass is 10.0. The van der Waals surface area contributed by atoms with Crippen molar-refractivity contribution in [2.75, 3.05) is 6.54 Å². The SMILES string of the molecule is O=C(c1ccccc1O)N1CCCCCC1CC(O)c1ccco1. The Balaban J connectivity index is 1.80. The Morgan fingerprint density at radius 2 is 2.04 bits per heavy atom. The first-order chi connectivity index (χ1) is 11.7.